The predicted molar refractivity (Wildman–Crippen MR) is 128 cm³/mol. The molecule has 160 valence electrons. The minimum Gasteiger partial charge on any atom is -0.496 e. The Morgan fingerprint density at radius 1 is 0.969 bits per heavy atom. The fraction of sp³-hybridized carbons (Fsp3) is 0.125. The van der Waals surface area contributed by atoms with Crippen LogP contribution in [0.4, 0.5) is 0 Å². The van der Waals surface area contributed by atoms with Gasteiger partial charge < -0.3 is 9.14 Å². The van der Waals surface area contributed by atoms with E-state index in [9.17, 15) is 0 Å². The first kappa shape index (κ1) is 20.6. The molecule has 0 aliphatic rings. The van der Waals surface area contributed by atoms with E-state index in [1.165, 1.54) is 5.56 Å². The lowest BCUT2D eigenvalue weighted by atomic mass is 10.1. The van der Waals surface area contributed by atoms with Gasteiger partial charge in [-0.3, -0.25) is 4.57 Å². The normalized spacial score (nSPS) is 11.2. The van der Waals surface area contributed by atoms with Gasteiger partial charge in [0.15, 0.2) is 11.0 Å². The maximum atomic E-state index is 6.10. The molecule has 0 radical (unpaired) electrons. The zero-order chi connectivity index (χ0) is 22.1. The molecule has 8 heteroatoms. The third-order valence-corrected chi connectivity index (χ3v) is 6.27. The third-order valence-electron chi connectivity index (χ3n) is 5.09. The summed E-state index contributed by atoms with van der Waals surface area (Å²) in [6, 6.07) is 19.9. The van der Waals surface area contributed by atoms with Crippen LogP contribution in [0.15, 0.2) is 78.2 Å². The van der Waals surface area contributed by atoms with E-state index in [0.717, 1.165) is 39.3 Å². The molecule has 5 aromatic rings. The van der Waals surface area contributed by atoms with Crippen molar-refractivity contribution in [1.29, 1.82) is 0 Å². The number of pyridine rings is 1. The van der Waals surface area contributed by atoms with Gasteiger partial charge in [0, 0.05) is 23.8 Å². The molecule has 32 heavy (non-hydrogen) atoms. The molecule has 0 unspecified atom stereocenters. The molecule has 5 rings (SSSR count). The first-order valence-corrected chi connectivity index (χ1v) is 11.4. The second-order valence-corrected chi connectivity index (χ2v) is 8.69. The number of hydrogen-bond donors (Lipinski definition) is 0. The van der Waals surface area contributed by atoms with Crippen LogP contribution < -0.4 is 4.74 Å². The lowest BCUT2D eigenvalue weighted by Gasteiger charge is -2.12. The van der Waals surface area contributed by atoms with Crippen LogP contribution in [-0.4, -0.2) is 31.3 Å². The van der Waals surface area contributed by atoms with Crippen LogP contribution in [0.2, 0.25) is 5.02 Å². The summed E-state index contributed by atoms with van der Waals surface area (Å²) in [5, 5.41) is 10.5. The van der Waals surface area contributed by atoms with Crippen molar-refractivity contribution in [3.63, 3.8) is 0 Å². The van der Waals surface area contributed by atoms with E-state index in [4.69, 9.17) is 16.3 Å². The third kappa shape index (κ3) is 3.97. The standard InChI is InChI=1S/C24H20ClN5OS/c1-16-7-10-19(11-8-16)30-23(20-5-3-4-6-21(20)31-2)27-28-24(30)32-15-18-14-29-13-17(25)9-12-22(29)26-18/h3-14H,15H2,1-2H3. The monoisotopic (exact) mass is 461 g/mol. The van der Waals surface area contributed by atoms with Crippen LogP contribution in [0, 0.1) is 6.92 Å². The molecule has 0 N–H and O–H groups in total. The van der Waals surface area contributed by atoms with Gasteiger partial charge >= 0.3 is 0 Å². The Labute approximate surface area is 194 Å². The van der Waals surface area contributed by atoms with Gasteiger partial charge in [0.2, 0.25) is 0 Å². The van der Waals surface area contributed by atoms with Crippen molar-refractivity contribution in [3.8, 4) is 22.8 Å². The number of benzene rings is 2. The number of para-hydroxylation sites is 1. The first-order chi connectivity index (χ1) is 15.6. The average Bonchev–Trinajstić information content (AvgIpc) is 3.41. The summed E-state index contributed by atoms with van der Waals surface area (Å²) < 4.78 is 9.58. The quantitative estimate of drug-likeness (QED) is 0.297. The molecular formula is C24H20ClN5OS. The van der Waals surface area contributed by atoms with Gasteiger partial charge in [0.05, 0.1) is 23.4 Å². The van der Waals surface area contributed by atoms with Gasteiger partial charge in [-0.05, 0) is 43.3 Å². The van der Waals surface area contributed by atoms with Gasteiger partial charge in [-0.25, -0.2) is 4.98 Å². The number of halogens is 1. The number of nitrogens with zero attached hydrogens (tertiary/aromatic N) is 5. The van der Waals surface area contributed by atoms with Gasteiger partial charge in [-0.15, -0.1) is 10.2 Å². The van der Waals surface area contributed by atoms with E-state index < -0.39 is 0 Å². The van der Waals surface area contributed by atoms with Crippen molar-refractivity contribution in [2.24, 2.45) is 0 Å². The lowest BCUT2D eigenvalue weighted by molar-refractivity contribution is 0.416. The summed E-state index contributed by atoms with van der Waals surface area (Å²) in [5.41, 5.74) is 4.87. The van der Waals surface area contributed by atoms with E-state index in [2.05, 4.69) is 50.9 Å². The molecular weight excluding hydrogens is 442 g/mol. The maximum absolute atomic E-state index is 6.10. The molecule has 0 saturated heterocycles. The molecule has 0 spiro atoms. The Hall–Kier alpha value is -3.29. The van der Waals surface area contributed by atoms with Gasteiger partial charge in [-0.1, -0.05) is 53.2 Å². The van der Waals surface area contributed by atoms with Crippen LogP contribution >= 0.6 is 23.4 Å². The van der Waals surface area contributed by atoms with Crippen molar-refractivity contribution in [3.05, 3.63) is 89.3 Å². The van der Waals surface area contributed by atoms with Crippen LogP contribution in [-0.2, 0) is 5.75 Å². The van der Waals surface area contributed by atoms with Gasteiger partial charge in [0.25, 0.3) is 0 Å². The Morgan fingerprint density at radius 3 is 2.59 bits per heavy atom. The smallest absolute Gasteiger partial charge is 0.196 e. The highest BCUT2D eigenvalue weighted by atomic mass is 35.5. The second kappa shape index (κ2) is 8.68. The summed E-state index contributed by atoms with van der Waals surface area (Å²) in [6.45, 7) is 2.07. The zero-order valence-electron chi connectivity index (χ0n) is 17.6. The molecule has 0 amide bonds. The molecule has 0 aliphatic heterocycles. The molecule has 2 aromatic carbocycles. The fourth-order valence-electron chi connectivity index (χ4n) is 3.52. The number of methoxy groups -OCH3 is 1. The van der Waals surface area contributed by atoms with Crippen LogP contribution in [0.5, 0.6) is 5.75 Å². The van der Waals surface area contributed by atoms with E-state index in [0.29, 0.717) is 10.8 Å². The SMILES string of the molecule is COc1ccccc1-c1nnc(SCc2cn3cc(Cl)ccc3n2)n1-c1ccc(C)cc1. The number of aryl methyl sites for hydroxylation is 1. The Kier molecular flexibility index (Phi) is 5.59. The minimum atomic E-state index is 0.648. The topological polar surface area (TPSA) is 57.2 Å². The maximum Gasteiger partial charge on any atom is 0.196 e. The van der Waals surface area contributed by atoms with Crippen molar-refractivity contribution < 1.29 is 4.74 Å². The number of hydrogen-bond acceptors (Lipinski definition) is 5. The second-order valence-electron chi connectivity index (χ2n) is 7.31. The molecule has 0 fully saturated rings. The summed E-state index contributed by atoms with van der Waals surface area (Å²) in [4.78, 5) is 4.68. The van der Waals surface area contributed by atoms with Crippen LogP contribution in [0.25, 0.3) is 22.7 Å². The van der Waals surface area contributed by atoms with Crippen molar-refractivity contribution >= 4 is 29.0 Å². The summed E-state index contributed by atoms with van der Waals surface area (Å²) in [7, 11) is 1.66. The Morgan fingerprint density at radius 2 is 1.78 bits per heavy atom. The largest absolute Gasteiger partial charge is 0.496 e. The summed E-state index contributed by atoms with van der Waals surface area (Å²) in [5.74, 6) is 2.13. The first-order valence-electron chi connectivity index (χ1n) is 10.0. The molecule has 6 nitrogen and oxygen atoms in total. The molecule has 3 aromatic heterocycles. The predicted octanol–water partition coefficient (Wildman–Crippen LogP) is 5.84. The molecule has 3 heterocycles. The molecule has 0 bridgehead atoms. The number of rotatable bonds is 6. The zero-order valence-corrected chi connectivity index (χ0v) is 19.1. The van der Waals surface area contributed by atoms with E-state index in [1.807, 2.05) is 53.2 Å². The molecule has 0 saturated carbocycles. The number of thioether (sulfide) groups is 1. The number of fused-ring (bicyclic) bond motifs is 1. The van der Waals surface area contributed by atoms with E-state index >= 15 is 0 Å². The molecule has 0 aliphatic carbocycles. The average molecular weight is 462 g/mol. The Balaban J connectivity index is 1.54. The summed E-state index contributed by atoms with van der Waals surface area (Å²) in [6.07, 6.45) is 3.84. The van der Waals surface area contributed by atoms with E-state index in [-0.39, 0.29) is 0 Å². The number of aromatic nitrogens is 5. The fourth-order valence-corrected chi connectivity index (χ4v) is 4.52. The van der Waals surface area contributed by atoms with Crippen molar-refractivity contribution in [2.75, 3.05) is 7.11 Å². The highest BCUT2D eigenvalue weighted by molar-refractivity contribution is 7.98. The van der Waals surface area contributed by atoms with Crippen molar-refractivity contribution in [1.82, 2.24) is 24.1 Å². The van der Waals surface area contributed by atoms with Gasteiger partial charge in [-0.2, -0.15) is 0 Å². The number of ether oxygens (including phenoxy) is 1. The van der Waals surface area contributed by atoms with Crippen LogP contribution in [0.3, 0.4) is 0 Å². The Bertz CT molecular complexity index is 1390. The van der Waals surface area contributed by atoms with Gasteiger partial charge in [0.1, 0.15) is 11.4 Å². The number of imidazole rings is 1. The highest BCUT2D eigenvalue weighted by Crippen LogP contribution is 2.34. The van der Waals surface area contributed by atoms with Crippen LogP contribution in [0.1, 0.15) is 11.3 Å². The van der Waals surface area contributed by atoms with Crippen molar-refractivity contribution in [2.45, 2.75) is 17.8 Å². The lowest BCUT2D eigenvalue weighted by Crippen LogP contribution is -2.01. The van der Waals surface area contributed by atoms with E-state index in [1.54, 1.807) is 18.9 Å². The minimum absolute atomic E-state index is 0.648. The molecule has 0 atom stereocenters. The summed E-state index contributed by atoms with van der Waals surface area (Å²) >= 11 is 7.69. The highest BCUT2D eigenvalue weighted by Gasteiger charge is 2.19.